The topological polar surface area (TPSA) is 59.8 Å². The summed E-state index contributed by atoms with van der Waals surface area (Å²) in [7, 11) is 0. The predicted molar refractivity (Wildman–Crippen MR) is 70.5 cm³/mol. The van der Waals surface area contributed by atoms with Gasteiger partial charge in [0.1, 0.15) is 23.3 Å². The lowest BCUT2D eigenvalue weighted by Crippen LogP contribution is -2.20. The lowest BCUT2D eigenvalue weighted by atomic mass is 10.2. The third kappa shape index (κ3) is 2.06. The Morgan fingerprint density at radius 2 is 2.11 bits per heavy atom. The van der Waals surface area contributed by atoms with Crippen LogP contribution in [0.15, 0.2) is 30.9 Å². The van der Waals surface area contributed by atoms with E-state index in [0.717, 1.165) is 11.3 Å². The molecule has 0 spiro atoms. The van der Waals surface area contributed by atoms with Crippen LogP contribution in [0.25, 0.3) is 10.1 Å². The van der Waals surface area contributed by atoms with Crippen LogP contribution in [0.3, 0.4) is 0 Å². The molecule has 0 fully saturated rings. The number of nitrogens with one attached hydrogen (secondary N) is 1. The Morgan fingerprint density at radius 3 is 2.79 bits per heavy atom. The van der Waals surface area contributed by atoms with Gasteiger partial charge in [-0.1, -0.05) is 17.7 Å². The number of amides is 1. The van der Waals surface area contributed by atoms with Gasteiger partial charge < -0.3 is 0 Å². The van der Waals surface area contributed by atoms with Gasteiger partial charge in [-0.25, -0.2) is 9.07 Å². The molecule has 1 N–H and O–H groups in total. The Balaban J connectivity index is 2.03. The van der Waals surface area contributed by atoms with E-state index >= 15 is 0 Å². The first kappa shape index (κ1) is 12.1. The third-order valence-corrected chi connectivity index (χ3v) is 4.11. The van der Waals surface area contributed by atoms with Gasteiger partial charge in [0.05, 0.1) is 5.02 Å². The van der Waals surface area contributed by atoms with Crippen LogP contribution >= 0.6 is 22.9 Å². The highest BCUT2D eigenvalue weighted by atomic mass is 35.5. The van der Waals surface area contributed by atoms with Gasteiger partial charge in [0.2, 0.25) is 0 Å². The number of hydrogen-bond donors (Lipinski definition) is 1. The summed E-state index contributed by atoms with van der Waals surface area (Å²) in [6, 6.07) is 4.60. The van der Waals surface area contributed by atoms with Crippen molar-refractivity contribution in [2.75, 3.05) is 5.43 Å². The van der Waals surface area contributed by atoms with Crippen molar-refractivity contribution in [2.24, 2.45) is 0 Å². The average molecular weight is 297 g/mol. The number of fused-ring (bicyclic) bond motifs is 1. The summed E-state index contributed by atoms with van der Waals surface area (Å²) >= 11 is 7.20. The van der Waals surface area contributed by atoms with Crippen molar-refractivity contribution in [3.63, 3.8) is 0 Å². The van der Waals surface area contributed by atoms with E-state index in [0.29, 0.717) is 4.70 Å². The molecule has 0 saturated heterocycles. The molecule has 5 nitrogen and oxygen atoms in total. The number of thiophene rings is 1. The molecule has 0 bridgehead atoms. The summed E-state index contributed by atoms with van der Waals surface area (Å²) in [6.45, 7) is 0. The van der Waals surface area contributed by atoms with Crippen molar-refractivity contribution in [3.05, 3.63) is 46.6 Å². The van der Waals surface area contributed by atoms with Crippen molar-refractivity contribution in [2.45, 2.75) is 0 Å². The second-order valence-electron chi connectivity index (χ2n) is 3.67. The van der Waals surface area contributed by atoms with Crippen molar-refractivity contribution in [3.8, 4) is 0 Å². The van der Waals surface area contributed by atoms with Crippen LogP contribution in [0.2, 0.25) is 5.02 Å². The molecule has 2 aromatic heterocycles. The molecule has 0 aliphatic carbocycles. The number of carbonyl (C=O) groups excluding carboxylic acids is 1. The van der Waals surface area contributed by atoms with Gasteiger partial charge in [-0.2, -0.15) is 0 Å². The van der Waals surface area contributed by atoms with Crippen LogP contribution in [0.1, 0.15) is 9.67 Å². The highest BCUT2D eigenvalue weighted by Crippen LogP contribution is 2.36. The largest absolute Gasteiger partial charge is 0.281 e. The minimum absolute atomic E-state index is 0.115. The van der Waals surface area contributed by atoms with Crippen LogP contribution in [0.5, 0.6) is 0 Å². The first-order chi connectivity index (χ1) is 9.16. The first-order valence-corrected chi connectivity index (χ1v) is 6.39. The summed E-state index contributed by atoms with van der Waals surface area (Å²) in [5.41, 5.74) is 2.52. The van der Waals surface area contributed by atoms with Gasteiger partial charge in [-0.15, -0.1) is 21.5 Å². The van der Waals surface area contributed by atoms with Gasteiger partial charge in [0, 0.05) is 10.1 Å². The van der Waals surface area contributed by atoms with Gasteiger partial charge in [0.25, 0.3) is 5.91 Å². The molecular weight excluding hydrogens is 291 g/mol. The van der Waals surface area contributed by atoms with Crippen molar-refractivity contribution in [1.29, 1.82) is 0 Å². The molecule has 96 valence electrons. The van der Waals surface area contributed by atoms with E-state index in [1.807, 2.05) is 0 Å². The molecule has 19 heavy (non-hydrogen) atoms. The SMILES string of the molecule is O=C(Nn1cnnc1)c1sc2cccc(F)c2c1Cl. The number of aromatic nitrogens is 3. The third-order valence-electron chi connectivity index (χ3n) is 2.46. The first-order valence-electron chi connectivity index (χ1n) is 5.19. The summed E-state index contributed by atoms with van der Waals surface area (Å²) in [5, 5.41) is 7.49. The molecule has 8 heteroatoms. The molecule has 0 aliphatic rings. The van der Waals surface area contributed by atoms with Gasteiger partial charge >= 0.3 is 0 Å². The lowest BCUT2D eigenvalue weighted by Gasteiger charge is -2.02. The average Bonchev–Trinajstić information content (AvgIpc) is 2.98. The van der Waals surface area contributed by atoms with E-state index in [1.165, 1.54) is 23.4 Å². The maximum atomic E-state index is 13.7. The van der Waals surface area contributed by atoms with Gasteiger partial charge in [-0.05, 0) is 12.1 Å². The quantitative estimate of drug-likeness (QED) is 0.791. The molecule has 0 saturated carbocycles. The molecule has 1 aromatic carbocycles. The molecule has 1 amide bonds. The summed E-state index contributed by atoms with van der Waals surface area (Å²) < 4.78 is 15.6. The van der Waals surface area contributed by atoms with Crippen LogP contribution in [-0.4, -0.2) is 20.8 Å². The Labute approximate surface area is 115 Å². The smallest absolute Gasteiger partial charge is 0.266 e. The monoisotopic (exact) mass is 296 g/mol. The van der Waals surface area contributed by atoms with E-state index in [9.17, 15) is 9.18 Å². The van der Waals surface area contributed by atoms with Crippen LogP contribution in [0.4, 0.5) is 4.39 Å². The molecule has 3 rings (SSSR count). The Morgan fingerprint density at radius 1 is 1.37 bits per heavy atom. The molecular formula is C11H6ClFN4OS. The van der Waals surface area contributed by atoms with Crippen molar-refractivity contribution in [1.82, 2.24) is 14.9 Å². The second-order valence-corrected chi connectivity index (χ2v) is 5.10. The number of nitrogens with zero attached hydrogens (tertiary/aromatic N) is 3. The number of hydrogen-bond acceptors (Lipinski definition) is 4. The maximum absolute atomic E-state index is 13.7. The maximum Gasteiger partial charge on any atom is 0.281 e. The van der Waals surface area contributed by atoms with E-state index in [2.05, 4.69) is 15.6 Å². The standard InChI is InChI=1S/C11H6ClFN4OS/c12-9-8-6(13)2-1-3-7(8)19-10(9)11(18)16-17-4-14-15-5-17/h1-5H,(H,16,18). The fourth-order valence-corrected chi connectivity index (χ4v) is 3.09. The number of halogens is 2. The molecule has 2 heterocycles. The molecule has 0 radical (unpaired) electrons. The normalized spacial score (nSPS) is 10.8. The highest BCUT2D eigenvalue weighted by molar-refractivity contribution is 7.21. The minimum atomic E-state index is -0.443. The second kappa shape index (κ2) is 4.60. The Bertz CT molecular complexity index is 755. The van der Waals surface area contributed by atoms with Gasteiger partial charge in [-0.3, -0.25) is 10.2 Å². The molecule has 3 aromatic rings. The minimum Gasteiger partial charge on any atom is -0.266 e. The number of rotatable bonds is 2. The zero-order valence-electron chi connectivity index (χ0n) is 9.30. The van der Waals surface area contributed by atoms with Crippen LogP contribution in [-0.2, 0) is 0 Å². The van der Waals surface area contributed by atoms with Crippen LogP contribution < -0.4 is 5.43 Å². The van der Waals surface area contributed by atoms with E-state index in [4.69, 9.17) is 11.6 Å². The summed E-state index contributed by atoms with van der Waals surface area (Å²) in [4.78, 5) is 12.3. The molecule has 0 atom stereocenters. The zero-order chi connectivity index (χ0) is 13.4. The van der Waals surface area contributed by atoms with Crippen molar-refractivity contribution < 1.29 is 9.18 Å². The van der Waals surface area contributed by atoms with E-state index < -0.39 is 11.7 Å². The summed E-state index contributed by atoms with van der Waals surface area (Å²) in [6.07, 6.45) is 2.67. The Hall–Kier alpha value is -1.99. The van der Waals surface area contributed by atoms with Crippen molar-refractivity contribution >= 4 is 38.9 Å². The lowest BCUT2D eigenvalue weighted by molar-refractivity contribution is 0.101. The fraction of sp³-hybridized carbons (Fsp3) is 0. The fourth-order valence-electron chi connectivity index (χ4n) is 1.64. The van der Waals surface area contributed by atoms with Gasteiger partial charge in [0.15, 0.2) is 0 Å². The molecule has 0 aliphatic heterocycles. The van der Waals surface area contributed by atoms with Crippen LogP contribution in [0, 0.1) is 5.82 Å². The number of benzene rings is 1. The van der Waals surface area contributed by atoms with E-state index in [-0.39, 0.29) is 15.3 Å². The zero-order valence-corrected chi connectivity index (χ0v) is 10.9. The Kier molecular flexibility index (Phi) is 2.92. The highest BCUT2D eigenvalue weighted by Gasteiger charge is 2.19. The summed E-state index contributed by atoms with van der Waals surface area (Å²) in [5.74, 6) is -0.882. The predicted octanol–water partition coefficient (Wildman–Crippen LogP) is 2.67. The van der Waals surface area contributed by atoms with E-state index in [1.54, 1.807) is 12.1 Å². The molecule has 0 unspecified atom stereocenters. The number of carbonyl (C=O) groups is 1.